The molecule has 1 saturated heterocycles. The van der Waals surface area contributed by atoms with Gasteiger partial charge in [-0.25, -0.2) is 4.99 Å². The molecule has 0 aromatic heterocycles. The Balaban J connectivity index is 1.68. The van der Waals surface area contributed by atoms with Gasteiger partial charge in [-0.3, -0.25) is 0 Å². The molecule has 2 fully saturated rings. The topological polar surface area (TPSA) is 68.9 Å². The summed E-state index contributed by atoms with van der Waals surface area (Å²) in [4.78, 5) is 4.62. The number of nitrogens with two attached hydrogens (primary N) is 1. The number of anilines is 1. The molecular formula is C16H23N3O2. The van der Waals surface area contributed by atoms with Gasteiger partial charge in [-0.2, -0.15) is 0 Å². The molecule has 3 N–H and O–H groups in total. The Morgan fingerprint density at radius 2 is 2.29 bits per heavy atom. The zero-order valence-electron chi connectivity index (χ0n) is 12.4. The van der Waals surface area contributed by atoms with E-state index in [0.717, 1.165) is 31.6 Å². The Hall–Kier alpha value is -1.59. The Kier molecular flexibility index (Phi) is 4.12. The number of para-hydroxylation sites is 1. The average molecular weight is 289 g/mol. The van der Waals surface area contributed by atoms with Crippen molar-refractivity contribution in [3.8, 4) is 0 Å². The second-order valence-corrected chi connectivity index (χ2v) is 5.61. The fourth-order valence-electron chi connectivity index (χ4n) is 3.30. The molecule has 0 amide bonds. The number of benzene rings is 1. The maximum Gasteiger partial charge on any atom is 0.193 e. The SMILES string of the molecule is CCOC1CC(N=C(N)Nc2ccccc2)C12CCCO2. The van der Waals surface area contributed by atoms with Gasteiger partial charge in [0.05, 0.1) is 12.1 Å². The van der Waals surface area contributed by atoms with Crippen LogP contribution in [0.3, 0.4) is 0 Å². The second kappa shape index (κ2) is 6.03. The summed E-state index contributed by atoms with van der Waals surface area (Å²) < 4.78 is 11.8. The molecule has 1 aromatic rings. The highest BCUT2D eigenvalue weighted by Gasteiger charge is 2.59. The van der Waals surface area contributed by atoms with Crippen LogP contribution in [0.5, 0.6) is 0 Å². The summed E-state index contributed by atoms with van der Waals surface area (Å²) in [5.74, 6) is 0.441. The highest BCUT2D eigenvalue weighted by atomic mass is 16.6. The van der Waals surface area contributed by atoms with E-state index in [1.54, 1.807) is 0 Å². The minimum atomic E-state index is -0.251. The highest BCUT2D eigenvalue weighted by molar-refractivity contribution is 5.92. The largest absolute Gasteiger partial charge is 0.375 e. The number of nitrogens with one attached hydrogen (secondary N) is 1. The van der Waals surface area contributed by atoms with E-state index in [1.807, 2.05) is 37.3 Å². The van der Waals surface area contributed by atoms with E-state index in [-0.39, 0.29) is 17.7 Å². The van der Waals surface area contributed by atoms with Crippen LogP contribution in [0.25, 0.3) is 0 Å². The molecular weight excluding hydrogens is 266 g/mol. The molecule has 0 bridgehead atoms. The third kappa shape index (κ3) is 2.76. The number of nitrogens with zero attached hydrogens (tertiary/aromatic N) is 1. The highest BCUT2D eigenvalue weighted by Crippen LogP contribution is 2.47. The summed E-state index contributed by atoms with van der Waals surface area (Å²) in [7, 11) is 0. The Morgan fingerprint density at radius 3 is 2.95 bits per heavy atom. The molecule has 1 aliphatic heterocycles. The van der Waals surface area contributed by atoms with Crippen molar-refractivity contribution in [2.75, 3.05) is 18.5 Å². The van der Waals surface area contributed by atoms with Gasteiger partial charge in [-0.05, 0) is 31.9 Å². The second-order valence-electron chi connectivity index (χ2n) is 5.61. The lowest BCUT2D eigenvalue weighted by atomic mass is 9.70. The number of rotatable bonds is 4. The molecule has 1 aromatic carbocycles. The van der Waals surface area contributed by atoms with Crippen LogP contribution < -0.4 is 11.1 Å². The number of guanidine groups is 1. The maximum absolute atomic E-state index is 6.03. The molecule has 5 nitrogen and oxygen atoms in total. The predicted octanol–water partition coefficient (Wildman–Crippen LogP) is 2.14. The molecule has 114 valence electrons. The fourth-order valence-corrected chi connectivity index (χ4v) is 3.30. The van der Waals surface area contributed by atoms with E-state index >= 15 is 0 Å². The normalized spacial score (nSPS) is 32.1. The van der Waals surface area contributed by atoms with Crippen LogP contribution in [0.4, 0.5) is 5.69 Å². The van der Waals surface area contributed by atoms with Crippen molar-refractivity contribution in [1.29, 1.82) is 0 Å². The molecule has 3 rings (SSSR count). The molecule has 5 heteroatoms. The van der Waals surface area contributed by atoms with Crippen molar-refractivity contribution in [2.45, 2.75) is 43.9 Å². The average Bonchev–Trinajstić information content (AvgIpc) is 3.00. The Labute approximate surface area is 125 Å². The van der Waals surface area contributed by atoms with Gasteiger partial charge < -0.3 is 20.5 Å². The van der Waals surface area contributed by atoms with Gasteiger partial charge in [0, 0.05) is 25.3 Å². The van der Waals surface area contributed by atoms with Gasteiger partial charge in [0.1, 0.15) is 5.60 Å². The summed E-state index contributed by atoms with van der Waals surface area (Å²) in [6.07, 6.45) is 3.11. The van der Waals surface area contributed by atoms with Crippen LogP contribution in [0.15, 0.2) is 35.3 Å². The van der Waals surface area contributed by atoms with Crippen molar-refractivity contribution < 1.29 is 9.47 Å². The third-order valence-electron chi connectivity index (χ3n) is 4.34. The molecule has 1 saturated carbocycles. The standard InChI is InChI=1S/C16H23N3O2/c1-2-20-14-11-13(16(14)9-6-10-21-16)19-15(17)18-12-7-4-3-5-8-12/h3-5,7-8,13-14H,2,6,9-11H2,1H3,(H3,17,18,19). The van der Waals surface area contributed by atoms with Crippen LogP contribution in [0.2, 0.25) is 0 Å². The van der Waals surface area contributed by atoms with E-state index in [2.05, 4.69) is 10.3 Å². The molecule has 2 aliphatic rings. The Bertz CT molecular complexity index is 498. The smallest absolute Gasteiger partial charge is 0.193 e. The van der Waals surface area contributed by atoms with Crippen molar-refractivity contribution in [3.63, 3.8) is 0 Å². The molecule has 1 spiro atoms. The van der Waals surface area contributed by atoms with Crippen molar-refractivity contribution in [1.82, 2.24) is 0 Å². The number of hydrogen-bond donors (Lipinski definition) is 2. The van der Waals surface area contributed by atoms with Crippen LogP contribution in [-0.2, 0) is 9.47 Å². The third-order valence-corrected chi connectivity index (χ3v) is 4.34. The van der Waals surface area contributed by atoms with E-state index in [4.69, 9.17) is 15.2 Å². The first kappa shape index (κ1) is 14.4. The lowest BCUT2D eigenvalue weighted by Crippen LogP contribution is -2.63. The minimum absolute atomic E-state index is 0.0905. The maximum atomic E-state index is 6.03. The lowest BCUT2D eigenvalue weighted by molar-refractivity contribution is -0.188. The molecule has 21 heavy (non-hydrogen) atoms. The summed E-state index contributed by atoms with van der Waals surface area (Å²) in [5, 5.41) is 3.13. The summed E-state index contributed by atoms with van der Waals surface area (Å²) in [6.45, 7) is 3.52. The van der Waals surface area contributed by atoms with Gasteiger partial charge in [0.2, 0.25) is 0 Å². The molecule has 0 radical (unpaired) electrons. The first-order chi connectivity index (χ1) is 10.2. The first-order valence-corrected chi connectivity index (χ1v) is 7.65. The molecule has 1 aliphatic carbocycles. The fraction of sp³-hybridized carbons (Fsp3) is 0.562. The monoisotopic (exact) mass is 289 g/mol. The van der Waals surface area contributed by atoms with Crippen molar-refractivity contribution in [2.24, 2.45) is 10.7 Å². The van der Waals surface area contributed by atoms with E-state index in [0.29, 0.717) is 12.6 Å². The van der Waals surface area contributed by atoms with E-state index in [1.165, 1.54) is 0 Å². The lowest BCUT2D eigenvalue weighted by Gasteiger charge is -2.50. The minimum Gasteiger partial charge on any atom is -0.375 e. The van der Waals surface area contributed by atoms with Gasteiger partial charge in [-0.1, -0.05) is 18.2 Å². The Morgan fingerprint density at radius 1 is 1.48 bits per heavy atom. The van der Waals surface area contributed by atoms with E-state index in [9.17, 15) is 0 Å². The summed E-state index contributed by atoms with van der Waals surface area (Å²) in [5.41, 5.74) is 6.72. The summed E-state index contributed by atoms with van der Waals surface area (Å²) in [6, 6.07) is 9.92. The van der Waals surface area contributed by atoms with Crippen LogP contribution in [0, 0.1) is 0 Å². The van der Waals surface area contributed by atoms with Crippen LogP contribution in [-0.4, -0.2) is 36.9 Å². The van der Waals surface area contributed by atoms with Gasteiger partial charge in [-0.15, -0.1) is 0 Å². The quantitative estimate of drug-likeness (QED) is 0.658. The van der Waals surface area contributed by atoms with Crippen LogP contribution in [0.1, 0.15) is 26.2 Å². The number of hydrogen-bond acceptors (Lipinski definition) is 3. The summed E-state index contributed by atoms with van der Waals surface area (Å²) >= 11 is 0. The zero-order chi connectivity index (χ0) is 14.7. The predicted molar refractivity (Wildman–Crippen MR) is 83.4 cm³/mol. The van der Waals surface area contributed by atoms with Crippen molar-refractivity contribution in [3.05, 3.63) is 30.3 Å². The first-order valence-electron chi connectivity index (χ1n) is 7.65. The zero-order valence-corrected chi connectivity index (χ0v) is 12.4. The van der Waals surface area contributed by atoms with E-state index < -0.39 is 0 Å². The van der Waals surface area contributed by atoms with Crippen LogP contribution >= 0.6 is 0 Å². The molecule has 3 unspecified atom stereocenters. The molecule has 3 atom stereocenters. The van der Waals surface area contributed by atoms with Crippen molar-refractivity contribution >= 4 is 11.6 Å². The van der Waals surface area contributed by atoms with Gasteiger partial charge >= 0.3 is 0 Å². The van der Waals surface area contributed by atoms with Gasteiger partial charge in [0.25, 0.3) is 0 Å². The van der Waals surface area contributed by atoms with Gasteiger partial charge in [0.15, 0.2) is 5.96 Å². The number of ether oxygens (including phenoxy) is 2. The molecule has 1 heterocycles. The number of aliphatic imine (C=N–C) groups is 1.